The Bertz CT molecular complexity index is 881. The first-order valence-electron chi connectivity index (χ1n) is 8.70. The SMILES string of the molecule is CC(C)C1=Cc2c(cccc2-c2ccc(-c3ccccc3)cc2)C1. The van der Waals surface area contributed by atoms with Gasteiger partial charge in [0.05, 0.1) is 0 Å². The van der Waals surface area contributed by atoms with Gasteiger partial charge in [0.15, 0.2) is 0 Å². The Labute approximate surface area is 144 Å². The Morgan fingerprint density at radius 3 is 2.04 bits per heavy atom. The molecule has 0 atom stereocenters. The second-order valence-electron chi connectivity index (χ2n) is 6.87. The molecule has 0 aliphatic heterocycles. The number of hydrogen-bond donors (Lipinski definition) is 0. The Balaban J connectivity index is 1.72. The van der Waals surface area contributed by atoms with Gasteiger partial charge < -0.3 is 0 Å². The van der Waals surface area contributed by atoms with Gasteiger partial charge in [0.25, 0.3) is 0 Å². The fourth-order valence-corrected chi connectivity index (χ4v) is 3.49. The van der Waals surface area contributed by atoms with Crippen molar-refractivity contribution in [2.45, 2.75) is 20.3 Å². The molecule has 0 unspecified atom stereocenters. The molecule has 0 radical (unpaired) electrons. The van der Waals surface area contributed by atoms with E-state index in [0.29, 0.717) is 5.92 Å². The number of fused-ring (bicyclic) bond motifs is 1. The van der Waals surface area contributed by atoms with Gasteiger partial charge in [-0.3, -0.25) is 0 Å². The molecule has 1 aliphatic carbocycles. The minimum Gasteiger partial charge on any atom is -0.0626 e. The molecule has 24 heavy (non-hydrogen) atoms. The summed E-state index contributed by atoms with van der Waals surface area (Å²) in [6.45, 7) is 4.57. The van der Waals surface area contributed by atoms with Crippen molar-refractivity contribution in [3.05, 3.63) is 89.5 Å². The summed E-state index contributed by atoms with van der Waals surface area (Å²) in [6.07, 6.45) is 3.50. The second kappa shape index (κ2) is 6.13. The lowest BCUT2D eigenvalue weighted by molar-refractivity contribution is 0.754. The summed E-state index contributed by atoms with van der Waals surface area (Å²) in [5.74, 6) is 0.616. The Morgan fingerprint density at radius 2 is 1.33 bits per heavy atom. The van der Waals surface area contributed by atoms with Crippen molar-refractivity contribution in [1.82, 2.24) is 0 Å². The van der Waals surface area contributed by atoms with Crippen LogP contribution < -0.4 is 0 Å². The lowest BCUT2D eigenvalue weighted by Gasteiger charge is -2.09. The lowest BCUT2D eigenvalue weighted by Crippen LogP contribution is -1.92. The van der Waals surface area contributed by atoms with Gasteiger partial charge in [-0.1, -0.05) is 98.3 Å². The van der Waals surface area contributed by atoms with Crippen LogP contribution in [0.15, 0.2) is 78.4 Å². The first-order valence-corrected chi connectivity index (χ1v) is 8.70. The van der Waals surface area contributed by atoms with Crippen LogP contribution in [0.2, 0.25) is 0 Å². The van der Waals surface area contributed by atoms with Crippen LogP contribution in [0.5, 0.6) is 0 Å². The average Bonchev–Trinajstić information content (AvgIpc) is 3.07. The summed E-state index contributed by atoms with van der Waals surface area (Å²) in [5.41, 5.74) is 9.60. The van der Waals surface area contributed by atoms with Crippen molar-refractivity contribution in [1.29, 1.82) is 0 Å². The molecule has 118 valence electrons. The van der Waals surface area contributed by atoms with E-state index in [4.69, 9.17) is 0 Å². The van der Waals surface area contributed by atoms with Crippen LogP contribution >= 0.6 is 0 Å². The molecular formula is C24H22. The topological polar surface area (TPSA) is 0 Å². The third kappa shape index (κ3) is 2.69. The molecule has 0 saturated heterocycles. The maximum absolute atomic E-state index is 2.40. The molecule has 1 aliphatic rings. The Hall–Kier alpha value is -2.60. The fraction of sp³-hybridized carbons (Fsp3) is 0.167. The van der Waals surface area contributed by atoms with Crippen molar-refractivity contribution in [3.8, 4) is 22.3 Å². The van der Waals surface area contributed by atoms with Gasteiger partial charge in [-0.25, -0.2) is 0 Å². The first-order chi connectivity index (χ1) is 11.7. The van der Waals surface area contributed by atoms with E-state index in [1.165, 1.54) is 33.4 Å². The quantitative estimate of drug-likeness (QED) is 0.510. The van der Waals surface area contributed by atoms with Gasteiger partial charge in [0.2, 0.25) is 0 Å². The van der Waals surface area contributed by atoms with Crippen LogP contribution in [0.1, 0.15) is 25.0 Å². The molecule has 3 aromatic rings. The third-order valence-corrected chi connectivity index (χ3v) is 4.97. The van der Waals surface area contributed by atoms with Crippen molar-refractivity contribution in [2.24, 2.45) is 5.92 Å². The van der Waals surface area contributed by atoms with Gasteiger partial charge in [-0.2, -0.15) is 0 Å². The highest BCUT2D eigenvalue weighted by Gasteiger charge is 2.18. The summed E-state index contributed by atoms with van der Waals surface area (Å²) in [5, 5.41) is 0. The standard InChI is InChI=1S/C24H22/c1-17(2)22-15-21-9-6-10-23(24(21)16-22)20-13-11-19(12-14-20)18-7-4-3-5-8-18/h3-14,16-17H,15H2,1-2H3. The molecular weight excluding hydrogens is 288 g/mol. The van der Waals surface area contributed by atoms with E-state index in [1.54, 1.807) is 5.57 Å². The van der Waals surface area contributed by atoms with Gasteiger partial charge in [-0.05, 0) is 45.7 Å². The molecule has 0 saturated carbocycles. The molecule has 4 rings (SSSR count). The molecule has 0 aromatic heterocycles. The maximum Gasteiger partial charge on any atom is -0.00550 e. The Kier molecular flexibility index (Phi) is 3.82. The van der Waals surface area contributed by atoms with Gasteiger partial charge in [-0.15, -0.1) is 0 Å². The molecule has 0 fully saturated rings. The van der Waals surface area contributed by atoms with E-state index in [1.807, 2.05) is 0 Å². The highest BCUT2D eigenvalue weighted by Crippen LogP contribution is 2.36. The average molecular weight is 310 g/mol. The minimum atomic E-state index is 0.616. The third-order valence-electron chi connectivity index (χ3n) is 4.97. The van der Waals surface area contributed by atoms with Crippen LogP contribution in [0.3, 0.4) is 0 Å². The van der Waals surface area contributed by atoms with Crippen molar-refractivity contribution in [2.75, 3.05) is 0 Å². The molecule has 0 bridgehead atoms. The first kappa shape index (κ1) is 15.0. The summed E-state index contributed by atoms with van der Waals surface area (Å²) in [7, 11) is 0. The molecule has 0 heteroatoms. The highest BCUT2D eigenvalue weighted by atomic mass is 14.2. The maximum atomic E-state index is 2.40. The summed E-state index contributed by atoms with van der Waals surface area (Å²) in [4.78, 5) is 0. The normalized spacial score (nSPS) is 13.0. The van der Waals surface area contributed by atoms with Crippen LogP contribution in [-0.4, -0.2) is 0 Å². The molecule has 0 nitrogen and oxygen atoms in total. The predicted octanol–water partition coefficient (Wildman–Crippen LogP) is 6.62. The fourth-order valence-electron chi connectivity index (χ4n) is 3.49. The summed E-state index contributed by atoms with van der Waals surface area (Å²) < 4.78 is 0. The van der Waals surface area contributed by atoms with E-state index < -0.39 is 0 Å². The van der Waals surface area contributed by atoms with E-state index >= 15 is 0 Å². The number of hydrogen-bond acceptors (Lipinski definition) is 0. The van der Waals surface area contributed by atoms with Crippen molar-refractivity contribution in [3.63, 3.8) is 0 Å². The van der Waals surface area contributed by atoms with E-state index in [2.05, 4.69) is 92.7 Å². The number of benzene rings is 3. The largest absolute Gasteiger partial charge is 0.0626 e. The smallest absolute Gasteiger partial charge is 0.00550 e. The monoisotopic (exact) mass is 310 g/mol. The van der Waals surface area contributed by atoms with E-state index in [0.717, 1.165) is 6.42 Å². The van der Waals surface area contributed by atoms with Gasteiger partial charge >= 0.3 is 0 Å². The van der Waals surface area contributed by atoms with E-state index in [-0.39, 0.29) is 0 Å². The Morgan fingerprint density at radius 1 is 0.667 bits per heavy atom. The van der Waals surface area contributed by atoms with E-state index in [9.17, 15) is 0 Å². The molecule has 3 aromatic carbocycles. The highest BCUT2D eigenvalue weighted by molar-refractivity contribution is 5.82. The summed E-state index contributed by atoms with van der Waals surface area (Å²) in [6, 6.07) is 26.2. The molecule has 0 spiro atoms. The number of allylic oxidation sites excluding steroid dienone is 1. The molecule has 0 N–H and O–H groups in total. The van der Waals surface area contributed by atoms with Gasteiger partial charge in [0.1, 0.15) is 0 Å². The number of rotatable bonds is 3. The van der Waals surface area contributed by atoms with Crippen molar-refractivity contribution >= 4 is 6.08 Å². The van der Waals surface area contributed by atoms with Crippen LogP contribution in [0, 0.1) is 5.92 Å². The molecule has 0 heterocycles. The van der Waals surface area contributed by atoms with Crippen LogP contribution in [0.4, 0.5) is 0 Å². The lowest BCUT2D eigenvalue weighted by atomic mass is 9.95. The minimum absolute atomic E-state index is 0.616. The predicted molar refractivity (Wildman–Crippen MR) is 104 cm³/mol. The zero-order valence-corrected chi connectivity index (χ0v) is 14.3. The van der Waals surface area contributed by atoms with Crippen LogP contribution in [0.25, 0.3) is 28.3 Å². The second-order valence-corrected chi connectivity index (χ2v) is 6.87. The van der Waals surface area contributed by atoms with Crippen molar-refractivity contribution < 1.29 is 0 Å². The summed E-state index contributed by atoms with van der Waals surface area (Å²) >= 11 is 0. The zero-order valence-electron chi connectivity index (χ0n) is 14.3. The zero-order chi connectivity index (χ0) is 16.5. The molecule has 0 amide bonds. The van der Waals surface area contributed by atoms with Crippen LogP contribution in [-0.2, 0) is 6.42 Å². The van der Waals surface area contributed by atoms with Gasteiger partial charge in [0, 0.05) is 0 Å².